The summed E-state index contributed by atoms with van der Waals surface area (Å²) in [5, 5.41) is 5.90. The van der Waals surface area contributed by atoms with Crippen molar-refractivity contribution in [1.82, 2.24) is 9.66 Å². The van der Waals surface area contributed by atoms with Crippen LogP contribution in [0, 0.1) is 6.92 Å². The average Bonchev–Trinajstić information content (AvgIpc) is 3.36. The third kappa shape index (κ3) is 4.88. The van der Waals surface area contributed by atoms with Crippen molar-refractivity contribution in [1.29, 1.82) is 0 Å². The fourth-order valence-corrected chi connectivity index (χ4v) is 4.52. The monoisotopic (exact) mass is 563 g/mol. The second kappa shape index (κ2) is 10.1. The molecule has 38 heavy (non-hydrogen) atoms. The van der Waals surface area contributed by atoms with Crippen molar-refractivity contribution in [2.45, 2.75) is 13.5 Å². The maximum Gasteiger partial charge on any atom is 0.282 e. The minimum absolute atomic E-state index is 0.276. The molecule has 186 valence electrons. The van der Waals surface area contributed by atoms with Gasteiger partial charge in [0.25, 0.3) is 5.56 Å². The Balaban J connectivity index is 1.32. The number of benzene rings is 4. The van der Waals surface area contributed by atoms with Gasteiger partial charge in [0.15, 0.2) is 5.76 Å². The van der Waals surface area contributed by atoms with Gasteiger partial charge in [-0.2, -0.15) is 9.78 Å². The van der Waals surface area contributed by atoms with Crippen LogP contribution < -0.4 is 10.3 Å². The summed E-state index contributed by atoms with van der Waals surface area (Å²) >= 11 is 3.49. The number of furan rings is 1. The van der Waals surface area contributed by atoms with Gasteiger partial charge >= 0.3 is 0 Å². The Kier molecular flexibility index (Phi) is 6.35. The summed E-state index contributed by atoms with van der Waals surface area (Å²) in [6.45, 7) is 2.55. The first-order valence-electron chi connectivity index (χ1n) is 12.1. The smallest absolute Gasteiger partial charge is 0.282 e. The zero-order valence-electron chi connectivity index (χ0n) is 20.5. The molecule has 0 amide bonds. The summed E-state index contributed by atoms with van der Waals surface area (Å²) in [7, 11) is 0. The molecule has 7 heteroatoms. The Labute approximate surface area is 227 Å². The van der Waals surface area contributed by atoms with Crippen LogP contribution in [0.15, 0.2) is 116 Å². The lowest BCUT2D eigenvalue weighted by Crippen LogP contribution is -2.20. The molecule has 0 bridgehead atoms. The van der Waals surface area contributed by atoms with Gasteiger partial charge < -0.3 is 9.15 Å². The van der Waals surface area contributed by atoms with Crippen LogP contribution in [0.4, 0.5) is 0 Å². The highest BCUT2D eigenvalue weighted by Crippen LogP contribution is 2.29. The van der Waals surface area contributed by atoms with Gasteiger partial charge in [-0.05, 0) is 78.7 Å². The van der Waals surface area contributed by atoms with Crippen molar-refractivity contribution < 1.29 is 9.15 Å². The molecule has 0 aliphatic rings. The standard InChI is InChI=1S/C31H22BrN3O3/c1-20-6-8-22(9-7-20)19-37-25-13-10-21(11-14-25)18-33-35-30(34-27-5-3-2-4-26(27)31(35)36)29-17-23-16-24(32)12-15-28(23)38-29/h2-18H,19H2,1H3. The molecule has 0 spiro atoms. The maximum absolute atomic E-state index is 13.4. The van der Waals surface area contributed by atoms with Gasteiger partial charge in [0, 0.05) is 9.86 Å². The van der Waals surface area contributed by atoms with E-state index in [2.05, 4.69) is 52.2 Å². The van der Waals surface area contributed by atoms with Crippen LogP contribution in [0.3, 0.4) is 0 Å². The van der Waals surface area contributed by atoms with E-state index in [4.69, 9.17) is 14.1 Å². The lowest BCUT2D eigenvalue weighted by atomic mass is 10.2. The van der Waals surface area contributed by atoms with E-state index < -0.39 is 0 Å². The van der Waals surface area contributed by atoms with Crippen LogP contribution in [0.5, 0.6) is 5.75 Å². The summed E-state index contributed by atoms with van der Waals surface area (Å²) in [5.74, 6) is 1.54. The fourth-order valence-electron chi connectivity index (χ4n) is 4.14. The summed E-state index contributed by atoms with van der Waals surface area (Å²) < 4.78 is 14.2. The molecule has 0 aliphatic carbocycles. The zero-order valence-corrected chi connectivity index (χ0v) is 22.1. The molecule has 2 heterocycles. The van der Waals surface area contributed by atoms with Crippen molar-refractivity contribution in [2.24, 2.45) is 5.10 Å². The van der Waals surface area contributed by atoms with Gasteiger partial charge in [-0.25, -0.2) is 4.98 Å². The van der Waals surface area contributed by atoms with E-state index in [-0.39, 0.29) is 5.56 Å². The van der Waals surface area contributed by atoms with E-state index in [9.17, 15) is 4.79 Å². The van der Waals surface area contributed by atoms with E-state index in [1.165, 1.54) is 10.2 Å². The van der Waals surface area contributed by atoms with Crippen LogP contribution in [0.25, 0.3) is 33.5 Å². The molecule has 4 aromatic carbocycles. The molecule has 0 saturated heterocycles. The number of rotatable bonds is 6. The van der Waals surface area contributed by atoms with Crippen LogP contribution in [0.2, 0.25) is 0 Å². The SMILES string of the molecule is Cc1ccc(COc2ccc(C=Nn3c(-c4cc5cc(Br)ccc5o4)nc4ccccc4c3=O)cc2)cc1. The summed E-state index contributed by atoms with van der Waals surface area (Å²) in [4.78, 5) is 18.2. The molecular weight excluding hydrogens is 542 g/mol. The number of aryl methyl sites for hydroxylation is 1. The highest BCUT2D eigenvalue weighted by Gasteiger charge is 2.16. The van der Waals surface area contributed by atoms with Crippen LogP contribution in [-0.4, -0.2) is 15.9 Å². The zero-order chi connectivity index (χ0) is 26.1. The number of fused-ring (bicyclic) bond motifs is 2. The molecule has 2 aromatic heterocycles. The molecule has 0 radical (unpaired) electrons. The summed E-state index contributed by atoms with van der Waals surface area (Å²) in [6, 6.07) is 30.6. The topological polar surface area (TPSA) is 69.6 Å². The Bertz CT molecular complexity index is 1850. The molecule has 6 nitrogen and oxygen atoms in total. The quantitative estimate of drug-likeness (QED) is 0.199. The summed E-state index contributed by atoms with van der Waals surface area (Å²) in [6.07, 6.45) is 1.63. The Morgan fingerprint density at radius 1 is 0.974 bits per heavy atom. The predicted molar refractivity (Wildman–Crippen MR) is 154 cm³/mol. The van der Waals surface area contributed by atoms with E-state index >= 15 is 0 Å². The number of aromatic nitrogens is 2. The number of halogens is 1. The molecule has 6 aromatic rings. The van der Waals surface area contributed by atoms with E-state index in [0.29, 0.717) is 34.7 Å². The Hall–Kier alpha value is -4.49. The first kappa shape index (κ1) is 23.9. The third-order valence-corrected chi connectivity index (χ3v) is 6.67. The largest absolute Gasteiger partial charge is 0.489 e. The molecule has 6 rings (SSSR count). The molecule has 0 atom stereocenters. The Morgan fingerprint density at radius 3 is 2.58 bits per heavy atom. The molecule has 0 aliphatic heterocycles. The fraction of sp³-hybridized carbons (Fsp3) is 0.0645. The van der Waals surface area contributed by atoms with Crippen molar-refractivity contribution in [2.75, 3.05) is 0 Å². The first-order valence-corrected chi connectivity index (χ1v) is 12.9. The molecule has 0 N–H and O–H groups in total. The number of nitrogens with zero attached hydrogens (tertiary/aromatic N) is 3. The molecule has 0 saturated carbocycles. The number of para-hydroxylation sites is 1. The summed E-state index contributed by atoms with van der Waals surface area (Å²) in [5.41, 5.74) is 4.14. The second-order valence-corrected chi connectivity index (χ2v) is 9.87. The first-order chi connectivity index (χ1) is 18.5. The predicted octanol–water partition coefficient (Wildman–Crippen LogP) is 7.34. The maximum atomic E-state index is 13.4. The molecular formula is C31H22BrN3O3. The van der Waals surface area contributed by atoms with Gasteiger partial charge in [0.05, 0.1) is 17.1 Å². The van der Waals surface area contributed by atoms with Crippen LogP contribution in [-0.2, 0) is 6.61 Å². The van der Waals surface area contributed by atoms with Gasteiger partial charge in [-0.15, -0.1) is 0 Å². The normalized spacial score (nSPS) is 11.5. The Morgan fingerprint density at radius 2 is 1.76 bits per heavy atom. The van der Waals surface area contributed by atoms with Crippen molar-refractivity contribution in [3.05, 3.63) is 129 Å². The number of hydrogen-bond acceptors (Lipinski definition) is 5. The number of hydrogen-bond donors (Lipinski definition) is 0. The van der Waals surface area contributed by atoms with E-state index in [0.717, 1.165) is 26.7 Å². The van der Waals surface area contributed by atoms with Gasteiger partial charge in [0.1, 0.15) is 17.9 Å². The van der Waals surface area contributed by atoms with Crippen molar-refractivity contribution in [3.8, 4) is 17.3 Å². The van der Waals surface area contributed by atoms with Gasteiger partial charge in [-0.1, -0.05) is 57.9 Å². The third-order valence-electron chi connectivity index (χ3n) is 6.18. The van der Waals surface area contributed by atoms with Crippen molar-refractivity contribution >= 4 is 44.0 Å². The lowest BCUT2D eigenvalue weighted by Gasteiger charge is -2.08. The molecule has 0 fully saturated rings. The van der Waals surface area contributed by atoms with Crippen LogP contribution in [0.1, 0.15) is 16.7 Å². The number of ether oxygens (including phenoxy) is 1. The highest BCUT2D eigenvalue weighted by atomic mass is 79.9. The van der Waals surface area contributed by atoms with E-state index in [1.807, 2.05) is 66.7 Å². The van der Waals surface area contributed by atoms with Crippen LogP contribution >= 0.6 is 15.9 Å². The molecule has 0 unspecified atom stereocenters. The van der Waals surface area contributed by atoms with Crippen molar-refractivity contribution in [3.63, 3.8) is 0 Å². The lowest BCUT2D eigenvalue weighted by molar-refractivity contribution is 0.306. The van der Waals surface area contributed by atoms with E-state index in [1.54, 1.807) is 12.3 Å². The van der Waals surface area contributed by atoms with Gasteiger partial charge in [0.2, 0.25) is 5.82 Å². The second-order valence-electron chi connectivity index (χ2n) is 8.95. The average molecular weight is 564 g/mol. The minimum atomic E-state index is -0.276. The highest BCUT2D eigenvalue weighted by molar-refractivity contribution is 9.10. The minimum Gasteiger partial charge on any atom is -0.489 e. The van der Waals surface area contributed by atoms with Gasteiger partial charge in [-0.3, -0.25) is 4.79 Å².